The molecule has 1 rings (SSSR count). The Kier molecular flexibility index (Phi) is 2.81. The van der Waals surface area contributed by atoms with Crippen molar-refractivity contribution in [2.75, 3.05) is 0 Å². The molecule has 5 nitrogen and oxygen atoms in total. The van der Waals surface area contributed by atoms with E-state index in [-0.39, 0.29) is 0 Å². The summed E-state index contributed by atoms with van der Waals surface area (Å²) in [7, 11) is 0. The number of aromatic nitrogens is 1. The molecule has 0 aliphatic heterocycles. The fourth-order valence-electron chi connectivity index (χ4n) is 1.07. The molecule has 1 unspecified atom stereocenters. The SMILES string of the molecule is CC(NC=O)(C(=O)O)c1ccncc1. The number of nitrogens with one attached hydrogen (secondary N) is 1. The lowest BCUT2D eigenvalue weighted by molar-refractivity contribution is -0.145. The molecule has 0 aromatic carbocycles. The van der Waals surface area contributed by atoms with Gasteiger partial charge in [0.1, 0.15) is 0 Å². The summed E-state index contributed by atoms with van der Waals surface area (Å²) in [6.45, 7) is 1.42. The van der Waals surface area contributed by atoms with Gasteiger partial charge in [0.05, 0.1) is 0 Å². The number of carboxylic acid groups (broad SMARTS) is 1. The third-order valence-electron chi connectivity index (χ3n) is 2.03. The molecular formula is C9H10N2O3. The van der Waals surface area contributed by atoms with Gasteiger partial charge < -0.3 is 10.4 Å². The summed E-state index contributed by atoms with van der Waals surface area (Å²) in [6, 6.07) is 3.09. The quantitative estimate of drug-likeness (QED) is 0.667. The highest BCUT2D eigenvalue weighted by Gasteiger charge is 2.34. The lowest BCUT2D eigenvalue weighted by atomic mass is 9.93. The van der Waals surface area contributed by atoms with Gasteiger partial charge in [-0.25, -0.2) is 4.79 Å². The molecule has 0 aliphatic rings. The molecule has 1 atom stereocenters. The van der Waals surface area contributed by atoms with Gasteiger partial charge >= 0.3 is 5.97 Å². The zero-order valence-electron chi connectivity index (χ0n) is 7.60. The second-order valence-electron chi connectivity index (χ2n) is 2.93. The second-order valence-corrected chi connectivity index (χ2v) is 2.93. The van der Waals surface area contributed by atoms with Gasteiger partial charge in [0.25, 0.3) is 0 Å². The average molecular weight is 194 g/mol. The summed E-state index contributed by atoms with van der Waals surface area (Å²) in [5.74, 6) is -1.12. The minimum atomic E-state index is -1.40. The number of carbonyl (C=O) groups excluding carboxylic acids is 1. The summed E-state index contributed by atoms with van der Waals surface area (Å²) in [5.41, 5.74) is -0.919. The smallest absolute Gasteiger partial charge is 0.333 e. The van der Waals surface area contributed by atoms with Crippen LogP contribution in [0.25, 0.3) is 0 Å². The van der Waals surface area contributed by atoms with E-state index in [4.69, 9.17) is 5.11 Å². The van der Waals surface area contributed by atoms with Crippen molar-refractivity contribution in [1.29, 1.82) is 0 Å². The van der Waals surface area contributed by atoms with E-state index in [9.17, 15) is 9.59 Å². The van der Waals surface area contributed by atoms with Crippen molar-refractivity contribution >= 4 is 12.4 Å². The van der Waals surface area contributed by atoms with Crippen LogP contribution in [0.4, 0.5) is 0 Å². The Morgan fingerprint density at radius 3 is 2.57 bits per heavy atom. The molecule has 0 spiro atoms. The monoisotopic (exact) mass is 194 g/mol. The van der Waals surface area contributed by atoms with Crippen LogP contribution in [0.3, 0.4) is 0 Å². The molecule has 0 aliphatic carbocycles. The van der Waals surface area contributed by atoms with Gasteiger partial charge in [-0.1, -0.05) is 0 Å². The topological polar surface area (TPSA) is 79.3 Å². The van der Waals surface area contributed by atoms with Crippen LogP contribution in [-0.4, -0.2) is 22.5 Å². The van der Waals surface area contributed by atoms with Crippen molar-refractivity contribution in [2.45, 2.75) is 12.5 Å². The van der Waals surface area contributed by atoms with E-state index in [0.29, 0.717) is 12.0 Å². The van der Waals surface area contributed by atoms with Crippen LogP contribution in [0, 0.1) is 0 Å². The zero-order valence-corrected chi connectivity index (χ0v) is 7.60. The van der Waals surface area contributed by atoms with Gasteiger partial charge in [0, 0.05) is 12.4 Å². The molecule has 0 saturated carbocycles. The number of hydrogen-bond donors (Lipinski definition) is 2. The summed E-state index contributed by atoms with van der Waals surface area (Å²) >= 11 is 0. The van der Waals surface area contributed by atoms with Crippen molar-refractivity contribution < 1.29 is 14.7 Å². The Hall–Kier alpha value is -1.91. The normalized spacial score (nSPS) is 14.1. The number of amides is 1. The largest absolute Gasteiger partial charge is 0.479 e. The molecule has 1 amide bonds. The number of carboxylic acids is 1. The number of rotatable bonds is 4. The molecule has 0 bridgehead atoms. The molecular weight excluding hydrogens is 184 g/mol. The Balaban J connectivity index is 3.12. The van der Waals surface area contributed by atoms with Gasteiger partial charge in [-0.15, -0.1) is 0 Å². The van der Waals surface area contributed by atoms with Crippen molar-refractivity contribution in [1.82, 2.24) is 10.3 Å². The number of carbonyl (C=O) groups is 2. The first kappa shape index (κ1) is 10.2. The lowest BCUT2D eigenvalue weighted by Gasteiger charge is -2.23. The summed E-state index contributed by atoms with van der Waals surface area (Å²) in [5, 5.41) is 11.2. The standard InChI is InChI=1S/C9H10N2O3/c1-9(8(13)14,11-6-12)7-2-4-10-5-3-7/h2-6H,1H3,(H,11,12)(H,13,14). The van der Waals surface area contributed by atoms with Crippen LogP contribution >= 0.6 is 0 Å². The maximum Gasteiger partial charge on any atom is 0.333 e. The van der Waals surface area contributed by atoms with Crippen LogP contribution < -0.4 is 5.32 Å². The van der Waals surface area contributed by atoms with Crippen LogP contribution in [0.15, 0.2) is 24.5 Å². The third-order valence-corrected chi connectivity index (χ3v) is 2.03. The molecule has 2 N–H and O–H groups in total. The van der Waals surface area contributed by atoms with Crippen molar-refractivity contribution in [2.24, 2.45) is 0 Å². The van der Waals surface area contributed by atoms with E-state index in [1.807, 2.05) is 0 Å². The first-order valence-electron chi connectivity index (χ1n) is 3.96. The van der Waals surface area contributed by atoms with E-state index in [1.54, 1.807) is 12.1 Å². The van der Waals surface area contributed by atoms with E-state index in [2.05, 4.69) is 10.3 Å². The predicted octanol–water partition coefficient (Wildman–Crippen LogP) is 0.127. The van der Waals surface area contributed by atoms with E-state index < -0.39 is 11.5 Å². The minimum absolute atomic E-state index is 0.370. The molecule has 5 heteroatoms. The average Bonchev–Trinajstić information content (AvgIpc) is 2.19. The fourth-order valence-corrected chi connectivity index (χ4v) is 1.07. The highest BCUT2D eigenvalue weighted by Crippen LogP contribution is 2.19. The van der Waals surface area contributed by atoms with Gasteiger partial charge in [0.2, 0.25) is 6.41 Å². The lowest BCUT2D eigenvalue weighted by Crippen LogP contribution is -2.45. The summed E-state index contributed by atoms with van der Waals surface area (Å²) in [4.78, 5) is 25.0. The van der Waals surface area contributed by atoms with Crippen LogP contribution in [-0.2, 0) is 15.1 Å². The number of hydrogen-bond acceptors (Lipinski definition) is 3. The van der Waals surface area contributed by atoms with E-state index in [1.165, 1.54) is 19.3 Å². The number of aliphatic carboxylic acids is 1. The maximum atomic E-state index is 11.0. The van der Waals surface area contributed by atoms with Crippen molar-refractivity contribution in [3.05, 3.63) is 30.1 Å². The summed E-state index contributed by atoms with van der Waals surface area (Å²) < 4.78 is 0. The van der Waals surface area contributed by atoms with Crippen LogP contribution in [0.2, 0.25) is 0 Å². The summed E-state index contributed by atoms with van der Waals surface area (Å²) in [6.07, 6.45) is 3.32. The first-order valence-corrected chi connectivity index (χ1v) is 3.96. The van der Waals surface area contributed by atoms with Crippen molar-refractivity contribution in [3.63, 3.8) is 0 Å². The maximum absolute atomic E-state index is 11.0. The Bertz CT molecular complexity index is 339. The first-order chi connectivity index (χ1) is 6.61. The van der Waals surface area contributed by atoms with Crippen LogP contribution in [0.1, 0.15) is 12.5 Å². The predicted molar refractivity (Wildman–Crippen MR) is 48.4 cm³/mol. The zero-order chi connectivity index (χ0) is 10.6. The fraction of sp³-hybridized carbons (Fsp3) is 0.222. The van der Waals surface area contributed by atoms with E-state index in [0.717, 1.165) is 0 Å². The molecule has 1 aromatic heterocycles. The molecule has 0 fully saturated rings. The molecule has 74 valence electrons. The number of pyridine rings is 1. The van der Waals surface area contributed by atoms with Gasteiger partial charge in [-0.2, -0.15) is 0 Å². The molecule has 0 saturated heterocycles. The molecule has 0 radical (unpaired) electrons. The minimum Gasteiger partial charge on any atom is -0.479 e. The highest BCUT2D eigenvalue weighted by atomic mass is 16.4. The molecule has 1 aromatic rings. The molecule has 14 heavy (non-hydrogen) atoms. The Morgan fingerprint density at radius 2 is 2.14 bits per heavy atom. The van der Waals surface area contributed by atoms with Crippen LogP contribution in [0.5, 0.6) is 0 Å². The second kappa shape index (κ2) is 3.87. The van der Waals surface area contributed by atoms with E-state index >= 15 is 0 Å². The van der Waals surface area contributed by atoms with Gasteiger partial charge in [-0.3, -0.25) is 9.78 Å². The Labute approximate surface area is 80.8 Å². The third kappa shape index (κ3) is 1.71. The van der Waals surface area contributed by atoms with Crippen molar-refractivity contribution in [3.8, 4) is 0 Å². The molecule has 1 heterocycles. The van der Waals surface area contributed by atoms with Gasteiger partial charge in [0.15, 0.2) is 5.54 Å². The van der Waals surface area contributed by atoms with Gasteiger partial charge in [-0.05, 0) is 24.6 Å². The Morgan fingerprint density at radius 1 is 1.57 bits per heavy atom. The highest BCUT2D eigenvalue weighted by molar-refractivity contribution is 5.82. The number of nitrogens with zero attached hydrogens (tertiary/aromatic N) is 1.